The van der Waals surface area contributed by atoms with E-state index < -0.39 is 0 Å². The van der Waals surface area contributed by atoms with Crippen molar-refractivity contribution in [3.8, 4) is 0 Å². The number of aromatic nitrogens is 1. The number of hydrogen-bond acceptors (Lipinski definition) is 4. The van der Waals surface area contributed by atoms with E-state index in [-0.39, 0.29) is 11.9 Å². The summed E-state index contributed by atoms with van der Waals surface area (Å²) in [6.45, 7) is 2.07. The Labute approximate surface area is 128 Å². The number of amidine groups is 1. The Hall–Kier alpha value is -2.27. The minimum atomic E-state index is 0.0413. The maximum atomic E-state index is 8.64. The summed E-state index contributed by atoms with van der Waals surface area (Å²) in [5.74, 6) is 0.830. The Kier molecular flexibility index (Phi) is 4.65. The van der Waals surface area contributed by atoms with Gasteiger partial charge in [-0.1, -0.05) is 28.9 Å². The summed E-state index contributed by atoms with van der Waals surface area (Å²) in [6.07, 6.45) is 1.57. The number of anilines is 1. The molecule has 110 valence electrons. The van der Waals surface area contributed by atoms with Crippen molar-refractivity contribution in [3.05, 3.63) is 58.7 Å². The Balaban J connectivity index is 2.21. The van der Waals surface area contributed by atoms with Crippen molar-refractivity contribution in [3.63, 3.8) is 0 Å². The first-order valence-corrected chi connectivity index (χ1v) is 6.83. The number of oxime groups is 1. The zero-order chi connectivity index (χ0) is 15.4. The number of pyridine rings is 1. The third kappa shape index (κ3) is 3.44. The van der Waals surface area contributed by atoms with Crippen molar-refractivity contribution >= 4 is 23.3 Å². The lowest BCUT2D eigenvalue weighted by atomic mass is 10.1. The molecule has 0 bridgehead atoms. The van der Waals surface area contributed by atoms with Gasteiger partial charge in [0.15, 0.2) is 5.84 Å². The lowest BCUT2D eigenvalue weighted by molar-refractivity contribution is 0.318. The number of rotatable bonds is 4. The van der Waals surface area contributed by atoms with E-state index in [1.54, 1.807) is 12.3 Å². The van der Waals surface area contributed by atoms with Gasteiger partial charge in [-0.05, 0) is 36.8 Å². The predicted molar refractivity (Wildman–Crippen MR) is 85.0 cm³/mol. The van der Waals surface area contributed by atoms with Gasteiger partial charge >= 0.3 is 0 Å². The molecule has 6 heteroatoms. The standard InChI is InChI=1S/C15H17ClN4O/c1-10(11-4-3-5-13(16)8-11)20(2)14-7-6-12(9-18-14)15(17)19-21/h3-10,21H,1-2H3,(H2,17,19). The van der Waals surface area contributed by atoms with Crippen molar-refractivity contribution in [2.75, 3.05) is 11.9 Å². The van der Waals surface area contributed by atoms with Crippen LogP contribution >= 0.6 is 11.6 Å². The molecule has 0 aliphatic carbocycles. The van der Waals surface area contributed by atoms with Gasteiger partial charge in [0.05, 0.1) is 6.04 Å². The largest absolute Gasteiger partial charge is 0.409 e. The van der Waals surface area contributed by atoms with Crippen LogP contribution in [0.4, 0.5) is 5.82 Å². The maximum absolute atomic E-state index is 8.64. The molecular weight excluding hydrogens is 288 g/mol. The number of benzene rings is 1. The summed E-state index contributed by atoms with van der Waals surface area (Å²) in [5, 5.41) is 12.3. The molecule has 1 aromatic carbocycles. The molecule has 21 heavy (non-hydrogen) atoms. The van der Waals surface area contributed by atoms with Crippen LogP contribution in [0.1, 0.15) is 24.1 Å². The van der Waals surface area contributed by atoms with Gasteiger partial charge < -0.3 is 15.8 Å². The first-order valence-electron chi connectivity index (χ1n) is 6.45. The van der Waals surface area contributed by atoms with E-state index in [0.29, 0.717) is 10.6 Å². The molecule has 5 nitrogen and oxygen atoms in total. The number of halogens is 1. The number of nitrogens with two attached hydrogens (primary N) is 1. The highest BCUT2D eigenvalue weighted by atomic mass is 35.5. The van der Waals surface area contributed by atoms with Crippen LogP contribution in [0.15, 0.2) is 47.8 Å². The van der Waals surface area contributed by atoms with E-state index in [2.05, 4.69) is 17.1 Å². The third-order valence-electron chi connectivity index (χ3n) is 3.42. The smallest absolute Gasteiger partial charge is 0.171 e. The van der Waals surface area contributed by atoms with E-state index in [0.717, 1.165) is 11.4 Å². The molecule has 0 saturated heterocycles. The molecule has 0 radical (unpaired) electrons. The summed E-state index contributed by atoms with van der Waals surface area (Å²) >= 11 is 6.03. The molecule has 2 rings (SSSR count). The maximum Gasteiger partial charge on any atom is 0.171 e. The van der Waals surface area contributed by atoms with Crippen LogP contribution in [0.2, 0.25) is 5.02 Å². The Morgan fingerprint density at radius 2 is 2.14 bits per heavy atom. The second kappa shape index (κ2) is 6.45. The fraction of sp³-hybridized carbons (Fsp3) is 0.200. The van der Waals surface area contributed by atoms with Gasteiger partial charge in [-0.25, -0.2) is 4.98 Å². The molecule has 0 amide bonds. The molecule has 1 aromatic heterocycles. The Morgan fingerprint density at radius 3 is 2.71 bits per heavy atom. The minimum absolute atomic E-state index is 0.0413. The number of hydrogen-bond donors (Lipinski definition) is 2. The normalized spacial score (nSPS) is 13.0. The molecule has 0 fully saturated rings. The Morgan fingerprint density at radius 1 is 1.38 bits per heavy atom. The zero-order valence-electron chi connectivity index (χ0n) is 11.9. The Bertz CT molecular complexity index is 642. The highest BCUT2D eigenvalue weighted by Crippen LogP contribution is 2.25. The average molecular weight is 305 g/mol. The highest BCUT2D eigenvalue weighted by Gasteiger charge is 2.14. The molecule has 0 saturated carbocycles. The van der Waals surface area contributed by atoms with E-state index in [9.17, 15) is 0 Å². The fourth-order valence-electron chi connectivity index (χ4n) is 1.99. The van der Waals surface area contributed by atoms with Crippen LogP contribution < -0.4 is 10.6 Å². The molecule has 0 aliphatic rings. The molecule has 1 heterocycles. The lowest BCUT2D eigenvalue weighted by Gasteiger charge is -2.26. The van der Waals surface area contributed by atoms with Crippen molar-refractivity contribution in [2.24, 2.45) is 10.9 Å². The van der Waals surface area contributed by atoms with Gasteiger partial charge in [-0.15, -0.1) is 0 Å². The minimum Gasteiger partial charge on any atom is -0.409 e. The topological polar surface area (TPSA) is 74.7 Å². The number of nitrogens with zero attached hydrogens (tertiary/aromatic N) is 3. The average Bonchev–Trinajstić information content (AvgIpc) is 2.53. The van der Waals surface area contributed by atoms with E-state index in [1.807, 2.05) is 42.3 Å². The van der Waals surface area contributed by atoms with E-state index in [1.165, 1.54) is 0 Å². The van der Waals surface area contributed by atoms with E-state index in [4.69, 9.17) is 22.5 Å². The third-order valence-corrected chi connectivity index (χ3v) is 3.66. The quantitative estimate of drug-likeness (QED) is 0.394. The van der Waals surface area contributed by atoms with Gasteiger partial charge in [0.2, 0.25) is 0 Å². The molecule has 1 unspecified atom stereocenters. The van der Waals surface area contributed by atoms with Gasteiger partial charge in [0, 0.05) is 23.8 Å². The SMILES string of the molecule is CC(c1cccc(Cl)c1)N(C)c1ccc(C(N)=NO)cn1. The second-order valence-corrected chi connectivity index (χ2v) is 5.17. The fourth-order valence-corrected chi connectivity index (χ4v) is 2.19. The zero-order valence-corrected chi connectivity index (χ0v) is 12.6. The molecular formula is C15H17ClN4O. The highest BCUT2D eigenvalue weighted by molar-refractivity contribution is 6.30. The van der Waals surface area contributed by atoms with Crippen LogP contribution in [-0.2, 0) is 0 Å². The monoisotopic (exact) mass is 304 g/mol. The molecule has 3 N–H and O–H groups in total. The van der Waals surface area contributed by atoms with Gasteiger partial charge in [0.25, 0.3) is 0 Å². The first-order chi connectivity index (χ1) is 10.0. The van der Waals surface area contributed by atoms with Crippen LogP contribution in [0.5, 0.6) is 0 Å². The van der Waals surface area contributed by atoms with Crippen LogP contribution in [0.25, 0.3) is 0 Å². The van der Waals surface area contributed by atoms with Gasteiger partial charge in [-0.2, -0.15) is 0 Å². The summed E-state index contributed by atoms with van der Waals surface area (Å²) < 4.78 is 0. The predicted octanol–water partition coefficient (Wildman–Crippen LogP) is 3.03. The molecule has 0 spiro atoms. The van der Waals surface area contributed by atoms with E-state index >= 15 is 0 Å². The summed E-state index contributed by atoms with van der Waals surface area (Å²) in [6, 6.07) is 11.4. The summed E-state index contributed by atoms with van der Waals surface area (Å²) in [7, 11) is 1.96. The van der Waals surface area contributed by atoms with Crippen LogP contribution in [-0.4, -0.2) is 23.1 Å². The van der Waals surface area contributed by atoms with Crippen molar-refractivity contribution < 1.29 is 5.21 Å². The van der Waals surface area contributed by atoms with Crippen molar-refractivity contribution in [1.29, 1.82) is 0 Å². The van der Waals surface area contributed by atoms with Gasteiger partial charge in [-0.3, -0.25) is 0 Å². The molecule has 0 aliphatic heterocycles. The first kappa shape index (κ1) is 15.1. The van der Waals surface area contributed by atoms with Crippen molar-refractivity contribution in [1.82, 2.24) is 4.98 Å². The summed E-state index contributed by atoms with van der Waals surface area (Å²) in [4.78, 5) is 6.37. The van der Waals surface area contributed by atoms with Crippen molar-refractivity contribution in [2.45, 2.75) is 13.0 Å². The summed E-state index contributed by atoms with van der Waals surface area (Å²) in [5.41, 5.74) is 7.20. The molecule has 1 atom stereocenters. The van der Waals surface area contributed by atoms with Gasteiger partial charge in [0.1, 0.15) is 5.82 Å². The lowest BCUT2D eigenvalue weighted by Crippen LogP contribution is -2.23. The second-order valence-electron chi connectivity index (χ2n) is 4.73. The molecule has 2 aromatic rings. The van der Waals surface area contributed by atoms with Crippen LogP contribution in [0.3, 0.4) is 0 Å². The van der Waals surface area contributed by atoms with Crippen LogP contribution in [0, 0.1) is 0 Å².